The molecule has 0 aliphatic rings. The van der Waals surface area contributed by atoms with Crippen LogP contribution in [0.2, 0.25) is 0 Å². The van der Waals surface area contributed by atoms with E-state index in [1.165, 1.54) is 5.56 Å². The lowest BCUT2D eigenvalue weighted by Gasteiger charge is -2.19. The normalized spacial score (nSPS) is 11.1. The fourth-order valence-electron chi connectivity index (χ4n) is 2.10. The number of aromatic nitrogens is 2. The molecule has 0 spiro atoms. The smallest absolute Gasteiger partial charge is 0.136 e. The fraction of sp³-hybridized carbons (Fsp3) is 0.333. The number of benzene rings is 1. The zero-order chi connectivity index (χ0) is 16.2. The molecular formula is C18H24N4. The molecule has 0 atom stereocenters. The average Bonchev–Trinajstić information content (AvgIpc) is 2.44. The molecule has 0 fully saturated rings. The maximum Gasteiger partial charge on any atom is 0.136 e. The van der Waals surface area contributed by atoms with Crippen molar-refractivity contribution in [2.45, 2.75) is 33.1 Å². The summed E-state index contributed by atoms with van der Waals surface area (Å²) in [5.41, 5.74) is 2.48. The molecule has 22 heavy (non-hydrogen) atoms. The van der Waals surface area contributed by atoms with Crippen molar-refractivity contribution in [1.82, 2.24) is 9.97 Å². The number of hydrogen-bond acceptors (Lipinski definition) is 4. The topological polar surface area (TPSA) is 49.8 Å². The van der Waals surface area contributed by atoms with E-state index in [1.807, 2.05) is 13.0 Å². The minimum absolute atomic E-state index is 0.159. The molecular weight excluding hydrogens is 272 g/mol. The lowest BCUT2D eigenvalue weighted by atomic mass is 9.87. The van der Waals surface area contributed by atoms with Crippen molar-refractivity contribution in [2.24, 2.45) is 0 Å². The molecule has 1 aromatic carbocycles. The highest BCUT2D eigenvalue weighted by molar-refractivity contribution is 5.59. The third-order valence-electron chi connectivity index (χ3n) is 3.29. The van der Waals surface area contributed by atoms with Crippen molar-refractivity contribution < 1.29 is 0 Å². The van der Waals surface area contributed by atoms with Crippen LogP contribution in [-0.4, -0.2) is 16.5 Å². The third kappa shape index (κ3) is 4.32. The molecule has 0 bridgehead atoms. The van der Waals surface area contributed by atoms with Gasteiger partial charge in [0.05, 0.1) is 0 Å². The van der Waals surface area contributed by atoms with Crippen LogP contribution >= 0.6 is 0 Å². The van der Waals surface area contributed by atoms with Crippen LogP contribution in [0.4, 0.5) is 17.3 Å². The molecule has 1 heterocycles. The number of hydrogen-bond donors (Lipinski definition) is 2. The summed E-state index contributed by atoms with van der Waals surface area (Å²) in [6.07, 6.45) is 1.80. The highest BCUT2D eigenvalue weighted by Gasteiger charge is 2.12. The maximum absolute atomic E-state index is 4.42. The van der Waals surface area contributed by atoms with Gasteiger partial charge in [-0.3, -0.25) is 0 Å². The lowest BCUT2D eigenvalue weighted by molar-refractivity contribution is 0.590. The summed E-state index contributed by atoms with van der Waals surface area (Å²) < 4.78 is 0. The van der Waals surface area contributed by atoms with E-state index in [0.29, 0.717) is 6.54 Å². The van der Waals surface area contributed by atoms with Gasteiger partial charge in [0.25, 0.3) is 0 Å². The van der Waals surface area contributed by atoms with Crippen LogP contribution in [0, 0.1) is 6.92 Å². The molecule has 0 radical (unpaired) electrons. The van der Waals surface area contributed by atoms with Crippen molar-refractivity contribution >= 4 is 17.3 Å². The molecule has 0 saturated carbocycles. The Morgan fingerprint density at radius 2 is 1.73 bits per heavy atom. The molecule has 0 saturated heterocycles. The number of anilines is 3. The SMILES string of the molecule is C=CCNc1cc(Nc2ccc(C(C)(C)C)cc2)nc(C)n1. The van der Waals surface area contributed by atoms with E-state index in [0.717, 1.165) is 23.1 Å². The number of aryl methyl sites for hydroxylation is 1. The predicted octanol–water partition coefficient (Wildman–Crippen LogP) is 4.42. The van der Waals surface area contributed by atoms with Crippen LogP contribution in [0.1, 0.15) is 32.2 Å². The van der Waals surface area contributed by atoms with Crippen molar-refractivity contribution in [2.75, 3.05) is 17.2 Å². The minimum atomic E-state index is 0.159. The van der Waals surface area contributed by atoms with E-state index in [4.69, 9.17) is 0 Å². The molecule has 4 nitrogen and oxygen atoms in total. The summed E-state index contributed by atoms with van der Waals surface area (Å²) in [7, 11) is 0. The Morgan fingerprint density at radius 3 is 2.32 bits per heavy atom. The van der Waals surface area contributed by atoms with Crippen LogP contribution in [0.25, 0.3) is 0 Å². The second-order valence-corrected chi connectivity index (χ2v) is 6.31. The zero-order valence-electron chi connectivity index (χ0n) is 13.8. The molecule has 4 heteroatoms. The van der Waals surface area contributed by atoms with Gasteiger partial charge >= 0.3 is 0 Å². The quantitative estimate of drug-likeness (QED) is 0.802. The zero-order valence-corrected chi connectivity index (χ0v) is 13.8. The first-order valence-corrected chi connectivity index (χ1v) is 7.46. The molecule has 2 N–H and O–H groups in total. The van der Waals surface area contributed by atoms with Gasteiger partial charge in [0.2, 0.25) is 0 Å². The van der Waals surface area contributed by atoms with Crippen molar-refractivity contribution in [3.05, 3.63) is 54.4 Å². The highest BCUT2D eigenvalue weighted by atomic mass is 15.1. The molecule has 0 unspecified atom stereocenters. The van der Waals surface area contributed by atoms with E-state index in [-0.39, 0.29) is 5.41 Å². The van der Waals surface area contributed by atoms with E-state index in [1.54, 1.807) is 6.08 Å². The monoisotopic (exact) mass is 296 g/mol. The number of rotatable bonds is 5. The standard InChI is InChI=1S/C18H24N4/c1-6-11-19-16-12-17(21-13(2)20-16)22-15-9-7-14(8-10-15)18(3,4)5/h6-10,12H,1,11H2,2-5H3,(H2,19,20,21,22). The summed E-state index contributed by atoms with van der Waals surface area (Å²) >= 11 is 0. The lowest BCUT2D eigenvalue weighted by Crippen LogP contribution is -2.10. The van der Waals surface area contributed by atoms with E-state index in [2.05, 4.69) is 72.2 Å². The Labute approximate surface area is 132 Å². The largest absolute Gasteiger partial charge is 0.366 e. The summed E-state index contributed by atoms with van der Waals surface area (Å²) in [6, 6.07) is 10.3. The van der Waals surface area contributed by atoms with Crippen molar-refractivity contribution in [3.8, 4) is 0 Å². The fourth-order valence-corrected chi connectivity index (χ4v) is 2.10. The highest BCUT2D eigenvalue weighted by Crippen LogP contribution is 2.25. The molecule has 0 aliphatic heterocycles. The van der Waals surface area contributed by atoms with Crippen LogP contribution in [0.5, 0.6) is 0 Å². The van der Waals surface area contributed by atoms with Crippen LogP contribution in [0.3, 0.4) is 0 Å². The first-order chi connectivity index (χ1) is 10.4. The van der Waals surface area contributed by atoms with Crippen LogP contribution < -0.4 is 10.6 Å². The first kappa shape index (κ1) is 16.0. The van der Waals surface area contributed by atoms with Gasteiger partial charge in [0, 0.05) is 18.3 Å². The first-order valence-electron chi connectivity index (χ1n) is 7.46. The third-order valence-corrected chi connectivity index (χ3v) is 3.29. The van der Waals surface area contributed by atoms with Gasteiger partial charge < -0.3 is 10.6 Å². The Balaban J connectivity index is 2.16. The van der Waals surface area contributed by atoms with Crippen molar-refractivity contribution in [3.63, 3.8) is 0 Å². The predicted molar refractivity (Wildman–Crippen MR) is 93.9 cm³/mol. The maximum atomic E-state index is 4.42. The second-order valence-electron chi connectivity index (χ2n) is 6.31. The molecule has 0 aliphatic carbocycles. The Hall–Kier alpha value is -2.36. The van der Waals surface area contributed by atoms with Gasteiger partial charge in [-0.25, -0.2) is 9.97 Å². The second kappa shape index (κ2) is 6.60. The number of nitrogens with one attached hydrogen (secondary N) is 2. The summed E-state index contributed by atoms with van der Waals surface area (Å²) in [5, 5.41) is 6.50. The van der Waals surface area contributed by atoms with Gasteiger partial charge in [-0.2, -0.15) is 0 Å². The van der Waals surface area contributed by atoms with Crippen LogP contribution in [-0.2, 0) is 5.41 Å². The van der Waals surface area contributed by atoms with Gasteiger partial charge in [-0.05, 0) is 30.0 Å². The average molecular weight is 296 g/mol. The molecule has 0 amide bonds. The van der Waals surface area contributed by atoms with Gasteiger partial charge in [0.15, 0.2) is 0 Å². The van der Waals surface area contributed by atoms with Crippen molar-refractivity contribution in [1.29, 1.82) is 0 Å². The van der Waals surface area contributed by atoms with Gasteiger partial charge in [-0.1, -0.05) is 39.0 Å². The molecule has 1 aromatic heterocycles. The van der Waals surface area contributed by atoms with E-state index in [9.17, 15) is 0 Å². The van der Waals surface area contributed by atoms with E-state index < -0.39 is 0 Å². The Morgan fingerprint density at radius 1 is 1.09 bits per heavy atom. The van der Waals surface area contributed by atoms with Gasteiger partial charge in [-0.15, -0.1) is 6.58 Å². The molecule has 2 aromatic rings. The van der Waals surface area contributed by atoms with Gasteiger partial charge in [0.1, 0.15) is 17.5 Å². The summed E-state index contributed by atoms with van der Waals surface area (Å²) in [4.78, 5) is 8.77. The molecule has 2 rings (SSSR count). The number of nitrogens with zero attached hydrogens (tertiary/aromatic N) is 2. The summed E-state index contributed by atoms with van der Waals surface area (Å²) in [5.74, 6) is 2.30. The van der Waals surface area contributed by atoms with E-state index >= 15 is 0 Å². The minimum Gasteiger partial charge on any atom is -0.366 e. The van der Waals surface area contributed by atoms with Crippen LogP contribution in [0.15, 0.2) is 43.0 Å². The Kier molecular flexibility index (Phi) is 4.81. The Bertz CT molecular complexity index is 639. The summed E-state index contributed by atoms with van der Waals surface area (Å²) in [6.45, 7) is 12.9. The molecule has 116 valence electrons.